The summed E-state index contributed by atoms with van der Waals surface area (Å²) in [5, 5.41) is 3.12. The summed E-state index contributed by atoms with van der Waals surface area (Å²) in [5.41, 5.74) is 1.53. The molecule has 0 spiro atoms. The van der Waals surface area contributed by atoms with Crippen LogP contribution in [-0.2, 0) is 21.1 Å². The van der Waals surface area contributed by atoms with E-state index in [0.29, 0.717) is 18.5 Å². The summed E-state index contributed by atoms with van der Waals surface area (Å²) < 4.78 is 67.3. The van der Waals surface area contributed by atoms with Crippen molar-refractivity contribution in [3.05, 3.63) is 77.4 Å². The maximum Gasteiger partial charge on any atom is 0.282 e. The number of hydrogen-bond acceptors (Lipinski definition) is 4. The van der Waals surface area contributed by atoms with Crippen molar-refractivity contribution < 1.29 is 26.4 Å². The average Bonchev–Trinajstić information content (AvgIpc) is 3.16. The van der Waals surface area contributed by atoms with E-state index in [1.165, 1.54) is 23.0 Å². The summed E-state index contributed by atoms with van der Waals surface area (Å²) in [6.07, 6.45) is -0.550. The molecule has 0 radical (unpaired) electrons. The topological polar surface area (TPSA) is 69.0 Å². The zero-order chi connectivity index (χ0) is 23.8. The Hall–Kier alpha value is -2.94. The fourth-order valence-electron chi connectivity index (χ4n) is 4.08. The quantitative estimate of drug-likeness (QED) is 0.429. The third kappa shape index (κ3) is 4.73. The van der Waals surface area contributed by atoms with Gasteiger partial charge >= 0.3 is 0 Å². The van der Waals surface area contributed by atoms with Gasteiger partial charge in [0, 0.05) is 24.1 Å². The van der Waals surface area contributed by atoms with Gasteiger partial charge in [0.25, 0.3) is 6.43 Å². The fraction of sp³-hybridized carbons (Fsp3) is 0.333. The molecule has 5 nitrogen and oxygen atoms in total. The number of aromatic nitrogens is 2. The number of alkyl halides is 2. The molecule has 2 atom stereocenters. The lowest BCUT2D eigenvalue weighted by Crippen LogP contribution is -2.43. The second-order valence-electron chi connectivity index (χ2n) is 8.31. The number of Topliss-reactive ketones (excluding diaryl/α,β-unsaturated/α-hetero) is 1. The standard InChI is InChI=1S/C24H23F3N2O3S/c1-15-2-7-18(8-3-15)29-14-16(23(28-29)24(26)27)4-12-21(30)20-11-13-22(20)33(31,32)19-9-5-17(25)6-10-19/h2-3,5-10,14,20,22,24H,4,11-13H2,1H3. The highest BCUT2D eigenvalue weighted by atomic mass is 32.2. The molecule has 33 heavy (non-hydrogen) atoms. The van der Waals surface area contributed by atoms with Gasteiger partial charge in [0.1, 0.15) is 17.3 Å². The molecule has 2 aromatic carbocycles. The van der Waals surface area contributed by atoms with Gasteiger partial charge in [-0.1, -0.05) is 17.7 Å². The molecule has 9 heteroatoms. The molecule has 4 rings (SSSR count). The van der Waals surface area contributed by atoms with E-state index >= 15 is 0 Å². The van der Waals surface area contributed by atoms with Crippen molar-refractivity contribution in [3.63, 3.8) is 0 Å². The Labute approximate surface area is 190 Å². The first-order valence-corrected chi connectivity index (χ1v) is 12.2. The third-order valence-corrected chi connectivity index (χ3v) is 8.42. The van der Waals surface area contributed by atoms with Crippen molar-refractivity contribution >= 4 is 15.6 Å². The number of benzene rings is 2. The van der Waals surface area contributed by atoms with Crippen LogP contribution in [0.3, 0.4) is 0 Å². The lowest BCUT2D eigenvalue weighted by molar-refractivity contribution is -0.124. The van der Waals surface area contributed by atoms with Crippen molar-refractivity contribution in [2.24, 2.45) is 5.92 Å². The first-order chi connectivity index (χ1) is 15.7. The monoisotopic (exact) mass is 476 g/mol. The molecule has 0 saturated heterocycles. The zero-order valence-electron chi connectivity index (χ0n) is 17.9. The second kappa shape index (κ2) is 9.13. The second-order valence-corrected chi connectivity index (χ2v) is 10.5. The van der Waals surface area contributed by atoms with E-state index in [2.05, 4.69) is 5.10 Å². The number of carbonyl (C=O) groups is 1. The molecule has 174 valence electrons. The minimum Gasteiger partial charge on any atom is -0.299 e. The summed E-state index contributed by atoms with van der Waals surface area (Å²) in [4.78, 5) is 12.8. The van der Waals surface area contributed by atoms with Crippen LogP contribution in [0.15, 0.2) is 59.6 Å². The van der Waals surface area contributed by atoms with Crippen molar-refractivity contribution in [1.29, 1.82) is 0 Å². The number of hydrogen-bond donors (Lipinski definition) is 0. The van der Waals surface area contributed by atoms with Crippen LogP contribution in [0.5, 0.6) is 0 Å². The van der Waals surface area contributed by atoms with Gasteiger partial charge in [-0.25, -0.2) is 26.3 Å². The normalized spacial score (nSPS) is 18.3. The Morgan fingerprint density at radius 2 is 1.76 bits per heavy atom. The number of carbonyl (C=O) groups excluding carboxylic acids is 1. The van der Waals surface area contributed by atoms with Crippen molar-refractivity contribution in [2.75, 3.05) is 0 Å². The van der Waals surface area contributed by atoms with Gasteiger partial charge in [-0.05, 0) is 62.6 Å². The van der Waals surface area contributed by atoms with E-state index in [-0.39, 0.29) is 34.8 Å². The predicted molar refractivity (Wildman–Crippen MR) is 117 cm³/mol. The highest BCUT2D eigenvalue weighted by Gasteiger charge is 2.45. The minimum atomic E-state index is -3.78. The molecule has 0 bridgehead atoms. The summed E-state index contributed by atoms with van der Waals surface area (Å²) in [6, 6.07) is 11.8. The zero-order valence-corrected chi connectivity index (χ0v) is 18.7. The first-order valence-electron chi connectivity index (χ1n) is 10.6. The number of rotatable bonds is 8. The molecule has 3 aromatic rings. The van der Waals surface area contributed by atoms with Gasteiger partial charge in [0.05, 0.1) is 15.8 Å². The molecule has 1 saturated carbocycles. The molecule has 1 aliphatic rings. The lowest BCUT2D eigenvalue weighted by atomic mass is 9.80. The number of ketones is 1. The van der Waals surface area contributed by atoms with Crippen LogP contribution in [0.2, 0.25) is 0 Å². The Morgan fingerprint density at radius 1 is 1.09 bits per heavy atom. The van der Waals surface area contributed by atoms with Crippen LogP contribution in [0.4, 0.5) is 13.2 Å². The minimum absolute atomic E-state index is 0.0224. The molecule has 1 aliphatic carbocycles. The highest BCUT2D eigenvalue weighted by Crippen LogP contribution is 2.38. The van der Waals surface area contributed by atoms with Crippen LogP contribution in [0, 0.1) is 18.7 Å². The van der Waals surface area contributed by atoms with E-state index in [1.807, 2.05) is 19.1 Å². The van der Waals surface area contributed by atoms with Crippen LogP contribution in [-0.4, -0.2) is 29.2 Å². The van der Waals surface area contributed by atoms with Gasteiger partial charge in [-0.3, -0.25) is 4.79 Å². The van der Waals surface area contributed by atoms with E-state index in [0.717, 1.165) is 17.7 Å². The molecule has 0 N–H and O–H groups in total. The summed E-state index contributed by atoms with van der Waals surface area (Å²) in [5.74, 6) is -1.52. The SMILES string of the molecule is Cc1ccc(-n2cc(CCC(=O)C3CCC3S(=O)(=O)c3ccc(F)cc3)c(C(F)F)n2)cc1. The number of sulfone groups is 1. The van der Waals surface area contributed by atoms with Crippen molar-refractivity contribution in [3.8, 4) is 5.69 Å². The lowest BCUT2D eigenvalue weighted by Gasteiger charge is -2.35. The van der Waals surface area contributed by atoms with Crippen LogP contribution in [0.25, 0.3) is 5.69 Å². The van der Waals surface area contributed by atoms with Gasteiger partial charge < -0.3 is 0 Å². The van der Waals surface area contributed by atoms with Gasteiger partial charge in [-0.2, -0.15) is 5.10 Å². The number of nitrogens with zero attached hydrogens (tertiary/aromatic N) is 2. The van der Waals surface area contributed by atoms with E-state index < -0.39 is 33.2 Å². The summed E-state index contributed by atoms with van der Waals surface area (Å²) >= 11 is 0. The largest absolute Gasteiger partial charge is 0.299 e. The first kappa shape index (κ1) is 23.2. The number of aryl methyl sites for hydroxylation is 2. The van der Waals surface area contributed by atoms with Crippen LogP contribution in [0.1, 0.15) is 42.5 Å². The molecule has 2 unspecified atom stereocenters. The Balaban J connectivity index is 1.47. The van der Waals surface area contributed by atoms with Gasteiger partial charge in [0.2, 0.25) is 0 Å². The number of halogens is 3. The Kier molecular flexibility index (Phi) is 6.43. The summed E-state index contributed by atoms with van der Waals surface area (Å²) in [6.45, 7) is 1.92. The smallest absolute Gasteiger partial charge is 0.282 e. The van der Waals surface area contributed by atoms with Gasteiger partial charge in [0.15, 0.2) is 9.84 Å². The van der Waals surface area contributed by atoms with E-state index in [1.54, 1.807) is 12.1 Å². The van der Waals surface area contributed by atoms with Crippen LogP contribution < -0.4 is 0 Å². The molecule has 0 amide bonds. The Bertz CT molecular complexity index is 1250. The van der Waals surface area contributed by atoms with E-state index in [9.17, 15) is 26.4 Å². The van der Waals surface area contributed by atoms with Crippen molar-refractivity contribution in [1.82, 2.24) is 9.78 Å². The maximum atomic E-state index is 13.5. The summed E-state index contributed by atoms with van der Waals surface area (Å²) in [7, 11) is -3.78. The highest BCUT2D eigenvalue weighted by molar-refractivity contribution is 7.92. The average molecular weight is 477 g/mol. The molecular formula is C24H23F3N2O3S. The van der Waals surface area contributed by atoms with Crippen molar-refractivity contribution in [2.45, 2.75) is 49.2 Å². The Morgan fingerprint density at radius 3 is 2.33 bits per heavy atom. The molecule has 1 aromatic heterocycles. The van der Waals surface area contributed by atoms with Gasteiger partial charge in [-0.15, -0.1) is 0 Å². The van der Waals surface area contributed by atoms with Crippen LogP contribution >= 0.6 is 0 Å². The molecular weight excluding hydrogens is 453 g/mol. The van der Waals surface area contributed by atoms with E-state index in [4.69, 9.17) is 0 Å². The third-order valence-electron chi connectivity index (χ3n) is 6.13. The fourth-order valence-corrected chi connectivity index (χ4v) is 6.11. The maximum absolute atomic E-state index is 13.5. The molecule has 1 fully saturated rings. The predicted octanol–water partition coefficient (Wildman–Crippen LogP) is 5.01. The molecule has 1 heterocycles. The molecule has 0 aliphatic heterocycles.